The molecule has 7 heteroatoms. The summed E-state index contributed by atoms with van der Waals surface area (Å²) in [5.74, 6) is 5.23. The van der Waals surface area contributed by atoms with Gasteiger partial charge in [0.1, 0.15) is 0 Å². The van der Waals surface area contributed by atoms with Crippen molar-refractivity contribution in [2.24, 2.45) is 5.84 Å². The molecule has 1 unspecified atom stereocenters. The summed E-state index contributed by atoms with van der Waals surface area (Å²) in [7, 11) is 0. The molecule has 0 amide bonds. The Morgan fingerprint density at radius 2 is 2.33 bits per heavy atom. The van der Waals surface area contributed by atoms with Crippen LogP contribution >= 0.6 is 0 Å². The van der Waals surface area contributed by atoms with Gasteiger partial charge in [-0.05, 0) is 20.8 Å². The third-order valence-electron chi connectivity index (χ3n) is 2.72. The Morgan fingerprint density at radius 1 is 1.61 bits per heavy atom. The minimum atomic E-state index is -0.459. The van der Waals surface area contributed by atoms with E-state index in [2.05, 4.69) is 15.4 Å². The van der Waals surface area contributed by atoms with Crippen LogP contribution in [0.15, 0.2) is 6.20 Å². The maximum atomic E-state index is 13.8. The predicted molar refractivity (Wildman–Crippen MR) is 66.6 cm³/mol. The number of nitrogens with zero attached hydrogens (tertiary/aromatic N) is 3. The van der Waals surface area contributed by atoms with Crippen LogP contribution in [0.1, 0.15) is 20.8 Å². The summed E-state index contributed by atoms with van der Waals surface area (Å²) >= 11 is 0. The SMILES string of the molecule is CC1CN(c2nc(NN)ncc2F)CC(C)(C)O1. The lowest BCUT2D eigenvalue weighted by Crippen LogP contribution is -2.52. The zero-order valence-electron chi connectivity index (χ0n) is 10.8. The van der Waals surface area contributed by atoms with Crippen LogP contribution in [0, 0.1) is 5.82 Å². The van der Waals surface area contributed by atoms with Crippen molar-refractivity contribution in [1.82, 2.24) is 9.97 Å². The van der Waals surface area contributed by atoms with E-state index in [9.17, 15) is 4.39 Å². The van der Waals surface area contributed by atoms with Gasteiger partial charge in [-0.15, -0.1) is 0 Å². The summed E-state index contributed by atoms with van der Waals surface area (Å²) in [5.41, 5.74) is 1.98. The van der Waals surface area contributed by atoms with E-state index in [-0.39, 0.29) is 23.5 Å². The van der Waals surface area contributed by atoms with Gasteiger partial charge >= 0.3 is 0 Å². The highest BCUT2D eigenvalue weighted by Gasteiger charge is 2.33. The van der Waals surface area contributed by atoms with E-state index >= 15 is 0 Å². The first-order chi connectivity index (χ1) is 8.41. The molecule has 0 spiro atoms. The molecule has 1 saturated heterocycles. The molecular formula is C11H18FN5O. The molecule has 1 aromatic heterocycles. The molecule has 1 aliphatic heterocycles. The first-order valence-electron chi connectivity index (χ1n) is 5.83. The summed E-state index contributed by atoms with van der Waals surface area (Å²) < 4.78 is 19.6. The lowest BCUT2D eigenvalue weighted by atomic mass is 10.1. The van der Waals surface area contributed by atoms with Crippen LogP contribution in [0.25, 0.3) is 0 Å². The summed E-state index contributed by atoms with van der Waals surface area (Å²) in [6, 6.07) is 0. The molecule has 0 aliphatic carbocycles. The van der Waals surface area contributed by atoms with E-state index < -0.39 is 5.82 Å². The van der Waals surface area contributed by atoms with Gasteiger partial charge in [-0.1, -0.05) is 0 Å². The standard InChI is InChI=1S/C11H18FN5O/c1-7-5-17(6-11(2,3)18-7)9-8(12)4-14-10(15-9)16-13/h4,7H,5-6,13H2,1-3H3,(H,14,15,16). The molecule has 1 aliphatic rings. The third kappa shape index (κ3) is 2.68. The lowest BCUT2D eigenvalue weighted by molar-refractivity contribution is -0.0753. The van der Waals surface area contributed by atoms with Gasteiger partial charge in [0.05, 0.1) is 17.9 Å². The fourth-order valence-electron chi connectivity index (χ4n) is 2.26. The van der Waals surface area contributed by atoms with Crippen molar-refractivity contribution in [2.75, 3.05) is 23.4 Å². The third-order valence-corrected chi connectivity index (χ3v) is 2.72. The second-order valence-electron chi connectivity index (χ2n) is 5.08. The van der Waals surface area contributed by atoms with Crippen LogP contribution in [-0.2, 0) is 4.74 Å². The van der Waals surface area contributed by atoms with E-state index in [1.165, 1.54) is 0 Å². The Morgan fingerprint density at radius 3 is 2.94 bits per heavy atom. The summed E-state index contributed by atoms with van der Waals surface area (Å²) in [4.78, 5) is 9.64. The Kier molecular flexibility index (Phi) is 3.36. The van der Waals surface area contributed by atoms with Crippen LogP contribution in [0.5, 0.6) is 0 Å². The quantitative estimate of drug-likeness (QED) is 0.604. The number of aromatic nitrogens is 2. The van der Waals surface area contributed by atoms with Gasteiger partial charge < -0.3 is 9.64 Å². The number of ether oxygens (including phenoxy) is 1. The number of hydrogen-bond donors (Lipinski definition) is 2. The Bertz CT molecular complexity index is 439. The molecule has 1 aromatic rings. The van der Waals surface area contributed by atoms with Crippen molar-refractivity contribution < 1.29 is 9.13 Å². The summed E-state index contributed by atoms with van der Waals surface area (Å²) in [6.07, 6.45) is 1.13. The van der Waals surface area contributed by atoms with E-state index in [0.29, 0.717) is 13.1 Å². The van der Waals surface area contributed by atoms with Gasteiger partial charge in [0.2, 0.25) is 5.95 Å². The van der Waals surface area contributed by atoms with Crippen molar-refractivity contribution in [3.8, 4) is 0 Å². The Labute approximate surface area is 105 Å². The van der Waals surface area contributed by atoms with Crippen molar-refractivity contribution in [3.63, 3.8) is 0 Å². The molecule has 0 radical (unpaired) electrons. The van der Waals surface area contributed by atoms with E-state index in [0.717, 1.165) is 6.20 Å². The van der Waals surface area contributed by atoms with Crippen molar-refractivity contribution in [1.29, 1.82) is 0 Å². The van der Waals surface area contributed by atoms with E-state index in [1.807, 2.05) is 25.7 Å². The molecule has 2 rings (SSSR count). The number of nitrogens with one attached hydrogen (secondary N) is 1. The first kappa shape index (κ1) is 13.0. The highest BCUT2D eigenvalue weighted by molar-refractivity contribution is 5.44. The monoisotopic (exact) mass is 255 g/mol. The van der Waals surface area contributed by atoms with Crippen molar-refractivity contribution in [3.05, 3.63) is 12.0 Å². The smallest absolute Gasteiger partial charge is 0.239 e. The lowest BCUT2D eigenvalue weighted by Gasteiger charge is -2.42. The predicted octanol–water partition coefficient (Wildman–Crippen LogP) is 0.905. The number of anilines is 2. The minimum Gasteiger partial charge on any atom is -0.369 e. The molecular weight excluding hydrogens is 237 g/mol. The number of morpholine rings is 1. The van der Waals surface area contributed by atoms with E-state index in [4.69, 9.17) is 10.6 Å². The van der Waals surface area contributed by atoms with Crippen molar-refractivity contribution in [2.45, 2.75) is 32.5 Å². The number of nitrogen functional groups attached to an aromatic ring is 1. The number of nitrogens with two attached hydrogens (primary N) is 1. The molecule has 100 valence electrons. The van der Waals surface area contributed by atoms with Gasteiger partial charge in [0, 0.05) is 13.1 Å². The topological polar surface area (TPSA) is 76.3 Å². The van der Waals surface area contributed by atoms with Crippen LogP contribution < -0.4 is 16.2 Å². The molecule has 0 bridgehead atoms. The van der Waals surface area contributed by atoms with Gasteiger partial charge in [-0.3, -0.25) is 5.43 Å². The molecule has 2 heterocycles. The molecule has 6 nitrogen and oxygen atoms in total. The number of halogens is 1. The first-order valence-corrected chi connectivity index (χ1v) is 5.83. The molecule has 18 heavy (non-hydrogen) atoms. The zero-order valence-corrected chi connectivity index (χ0v) is 10.8. The normalized spacial score (nSPS) is 22.9. The Hall–Kier alpha value is -1.47. The molecule has 1 fully saturated rings. The highest BCUT2D eigenvalue weighted by Crippen LogP contribution is 2.26. The fraction of sp³-hybridized carbons (Fsp3) is 0.636. The minimum absolute atomic E-state index is 0.0115. The average molecular weight is 255 g/mol. The summed E-state index contributed by atoms with van der Waals surface area (Å²) in [5, 5.41) is 0. The molecule has 0 aromatic carbocycles. The van der Waals surface area contributed by atoms with Gasteiger partial charge in [-0.2, -0.15) is 4.98 Å². The average Bonchev–Trinajstić information content (AvgIpc) is 2.27. The highest BCUT2D eigenvalue weighted by atomic mass is 19.1. The van der Waals surface area contributed by atoms with Gasteiger partial charge in [0.25, 0.3) is 0 Å². The molecule has 3 N–H and O–H groups in total. The van der Waals surface area contributed by atoms with Crippen molar-refractivity contribution >= 4 is 11.8 Å². The van der Waals surface area contributed by atoms with Crippen LogP contribution in [-0.4, -0.2) is 34.8 Å². The van der Waals surface area contributed by atoms with Gasteiger partial charge in [0.15, 0.2) is 11.6 Å². The molecule has 1 atom stereocenters. The number of rotatable bonds is 2. The maximum absolute atomic E-state index is 13.8. The Balaban J connectivity index is 2.30. The zero-order chi connectivity index (χ0) is 13.3. The number of hydrogen-bond acceptors (Lipinski definition) is 6. The van der Waals surface area contributed by atoms with Crippen LogP contribution in [0.2, 0.25) is 0 Å². The van der Waals surface area contributed by atoms with Crippen LogP contribution in [0.3, 0.4) is 0 Å². The largest absolute Gasteiger partial charge is 0.369 e. The second kappa shape index (κ2) is 4.66. The fourth-order valence-corrected chi connectivity index (χ4v) is 2.26. The number of hydrazine groups is 1. The molecule has 0 saturated carbocycles. The van der Waals surface area contributed by atoms with Gasteiger partial charge in [-0.25, -0.2) is 15.2 Å². The van der Waals surface area contributed by atoms with E-state index in [1.54, 1.807) is 0 Å². The van der Waals surface area contributed by atoms with Crippen LogP contribution in [0.4, 0.5) is 16.2 Å². The second-order valence-corrected chi connectivity index (χ2v) is 5.08. The maximum Gasteiger partial charge on any atom is 0.239 e. The summed E-state index contributed by atoms with van der Waals surface area (Å²) in [6.45, 7) is 7.04.